The van der Waals surface area contributed by atoms with Gasteiger partial charge in [-0.1, -0.05) is 13.3 Å². The van der Waals surface area contributed by atoms with E-state index in [0.29, 0.717) is 5.82 Å². The van der Waals surface area contributed by atoms with Crippen molar-refractivity contribution in [1.82, 2.24) is 9.97 Å². The van der Waals surface area contributed by atoms with Gasteiger partial charge in [-0.3, -0.25) is 0 Å². The summed E-state index contributed by atoms with van der Waals surface area (Å²) in [6.07, 6.45) is 3.69. The number of nitrogens with zero attached hydrogens (tertiary/aromatic N) is 3. The minimum Gasteiger partial charge on any atom is -0.383 e. The van der Waals surface area contributed by atoms with Crippen molar-refractivity contribution >= 4 is 11.6 Å². The average molecular weight is 264 g/mol. The van der Waals surface area contributed by atoms with Gasteiger partial charge in [-0.25, -0.2) is 9.97 Å². The van der Waals surface area contributed by atoms with Gasteiger partial charge in [-0.2, -0.15) is 0 Å². The third-order valence-electron chi connectivity index (χ3n) is 3.32. The lowest BCUT2D eigenvalue weighted by Crippen LogP contribution is -2.52. The molecule has 106 valence electrons. The van der Waals surface area contributed by atoms with Crippen LogP contribution in [0.1, 0.15) is 39.7 Å². The molecule has 1 atom stereocenters. The summed E-state index contributed by atoms with van der Waals surface area (Å²) in [7, 11) is 0. The molecule has 0 aliphatic carbocycles. The van der Waals surface area contributed by atoms with Gasteiger partial charge in [0.15, 0.2) is 0 Å². The number of rotatable bonds is 3. The Kier molecular flexibility index (Phi) is 3.94. The van der Waals surface area contributed by atoms with Crippen molar-refractivity contribution < 1.29 is 4.74 Å². The summed E-state index contributed by atoms with van der Waals surface area (Å²) in [5, 5.41) is 0. The molecule has 0 saturated carbocycles. The number of nitrogens with two attached hydrogens (primary N) is 1. The number of morpholine rings is 1. The van der Waals surface area contributed by atoms with Crippen molar-refractivity contribution in [3.8, 4) is 0 Å². The molecule has 1 aliphatic rings. The van der Waals surface area contributed by atoms with E-state index in [2.05, 4.69) is 42.6 Å². The molecular weight excluding hydrogens is 240 g/mol. The van der Waals surface area contributed by atoms with E-state index in [9.17, 15) is 0 Å². The van der Waals surface area contributed by atoms with Gasteiger partial charge < -0.3 is 15.4 Å². The van der Waals surface area contributed by atoms with Gasteiger partial charge in [0.2, 0.25) is 0 Å². The molecule has 2 heterocycles. The Morgan fingerprint density at radius 2 is 2.21 bits per heavy atom. The van der Waals surface area contributed by atoms with Crippen LogP contribution in [0.15, 0.2) is 6.33 Å². The highest BCUT2D eigenvalue weighted by atomic mass is 16.5. The molecule has 1 unspecified atom stereocenters. The molecule has 0 amide bonds. The molecule has 0 spiro atoms. The Hall–Kier alpha value is -1.36. The molecule has 1 aliphatic heterocycles. The second kappa shape index (κ2) is 5.33. The van der Waals surface area contributed by atoms with Crippen LogP contribution < -0.4 is 10.6 Å². The first-order valence-corrected chi connectivity index (χ1v) is 6.95. The molecule has 2 N–H and O–H groups in total. The zero-order chi connectivity index (χ0) is 14.0. The summed E-state index contributed by atoms with van der Waals surface area (Å²) in [4.78, 5) is 10.9. The summed E-state index contributed by atoms with van der Waals surface area (Å²) in [5.74, 6) is 1.57. The Balaban J connectivity index is 2.33. The van der Waals surface area contributed by atoms with E-state index in [-0.39, 0.29) is 11.7 Å². The van der Waals surface area contributed by atoms with E-state index < -0.39 is 0 Å². The average Bonchev–Trinajstić information content (AvgIpc) is 2.29. The Labute approximate surface area is 115 Å². The van der Waals surface area contributed by atoms with Crippen molar-refractivity contribution in [1.29, 1.82) is 0 Å². The number of hydrogen-bond acceptors (Lipinski definition) is 5. The van der Waals surface area contributed by atoms with Crippen LogP contribution in [0.5, 0.6) is 0 Å². The Morgan fingerprint density at radius 1 is 1.47 bits per heavy atom. The van der Waals surface area contributed by atoms with Gasteiger partial charge in [-0.15, -0.1) is 0 Å². The summed E-state index contributed by atoms with van der Waals surface area (Å²) < 4.78 is 5.94. The number of hydrogen-bond donors (Lipinski definition) is 1. The predicted molar refractivity (Wildman–Crippen MR) is 77.3 cm³/mol. The van der Waals surface area contributed by atoms with Gasteiger partial charge >= 0.3 is 0 Å². The van der Waals surface area contributed by atoms with Gasteiger partial charge in [0.05, 0.1) is 11.7 Å². The molecule has 1 aromatic rings. The van der Waals surface area contributed by atoms with Crippen LogP contribution in [0.25, 0.3) is 0 Å². The molecular formula is C14H24N4O. The molecule has 1 fully saturated rings. The molecule has 0 radical (unpaired) electrons. The fourth-order valence-corrected chi connectivity index (χ4v) is 2.79. The van der Waals surface area contributed by atoms with Crippen LogP contribution in [-0.4, -0.2) is 34.8 Å². The standard InChI is InChI=1S/C14H24N4O/c1-5-6-11-12(15)16-9-17-13(11)18-7-10(2)19-14(3,4)8-18/h9-10H,5-8H2,1-4H3,(H2,15,16,17). The van der Waals surface area contributed by atoms with E-state index in [1.807, 2.05) is 0 Å². The van der Waals surface area contributed by atoms with Crippen molar-refractivity contribution in [2.24, 2.45) is 0 Å². The Morgan fingerprint density at radius 3 is 2.84 bits per heavy atom. The van der Waals surface area contributed by atoms with Gasteiger partial charge in [0, 0.05) is 18.7 Å². The molecule has 1 saturated heterocycles. The van der Waals surface area contributed by atoms with Gasteiger partial charge in [0.25, 0.3) is 0 Å². The first-order chi connectivity index (χ1) is 8.93. The van der Waals surface area contributed by atoms with E-state index in [0.717, 1.165) is 37.3 Å². The lowest BCUT2D eigenvalue weighted by atomic mass is 10.0. The van der Waals surface area contributed by atoms with Crippen molar-refractivity contribution in [2.75, 3.05) is 23.7 Å². The minimum atomic E-state index is -0.166. The zero-order valence-corrected chi connectivity index (χ0v) is 12.3. The second-order valence-corrected chi connectivity index (χ2v) is 5.88. The van der Waals surface area contributed by atoms with Crippen LogP contribution >= 0.6 is 0 Å². The van der Waals surface area contributed by atoms with Gasteiger partial charge in [0.1, 0.15) is 18.0 Å². The lowest BCUT2D eigenvalue weighted by molar-refractivity contribution is -0.0752. The monoisotopic (exact) mass is 264 g/mol. The van der Waals surface area contributed by atoms with Crippen molar-refractivity contribution in [3.05, 3.63) is 11.9 Å². The third kappa shape index (κ3) is 3.15. The fourth-order valence-electron chi connectivity index (χ4n) is 2.79. The molecule has 1 aromatic heterocycles. The van der Waals surface area contributed by atoms with Crippen LogP contribution in [0.2, 0.25) is 0 Å². The van der Waals surface area contributed by atoms with Crippen molar-refractivity contribution in [2.45, 2.75) is 52.2 Å². The van der Waals surface area contributed by atoms with Crippen molar-refractivity contribution in [3.63, 3.8) is 0 Å². The van der Waals surface area contributed by atoms with Crippen LogP contribution in [-0.2, 0) is 11.2 Å². The third-order valence-corrected chi connectivity index (χ3v) is 3.32. The number of ether oxygens (including phenoxy) is 1. The van der Waals surface area contributed by atoms with E-state index >= 15 is 0 Å². The summed E-state index contributed by atoms with van der Waals surface area (Å²) >= 11 is 0. The highest BCUT2D eigenvalue weighted by Gasteiger charge is 2.33. The largest absolute Gasteiger partial charge is 0.383 e. The van der Waals surface area contributed by atoms with Crippen LogP contribution in [0, 0.1) is 0 Å². The Bertz CT molecular complexity index is 447. The van der Waals surface area contributed by atoms with E-state index in [1.54, 1.807) is 6.33 Å². The molecule has 0 aromatic carbocycles. The molecule has 0 bridgehead atoms. The van der Waals surface area contributed by atoms with Crippen LogP contribution in [0.3, 0.4) is 0 Å². The predicted octanol–water partition coefficient (Wildman–Crippen LogP) is 2.02. The number of nitrogen functional groups attached to an aromatic ring is 1. The lowest BCUT2D eigenvalue weighted by Gasteiger charge is -2.42. The SMILES string of the molecule is CCCc1c(N)ncnc1N1CC(C)OC(C)(C)C1. The molecule has 5 nitrogen and oxygen atoms in total. The second-order valence-electron chi connectivity index (χ2n) is 5.88. The maximum atomic E-state index is 6.01. The fraction of sp³-hybridized carbons (Fsp3) is 0.714. The number of aromatic nitrogens is 2. The van der Waals surface area contributed by atoms with Crippen LogP contribution in [0.4, 0.5) is 11.6 Å². The highest BCUT2D eigenvalue weighted by Crippen LogP contribution is 2.29. The molecule has 2 rings (SSSR count). The molecule has 19 heavy (non-hydrogen) atoms. The summed E-state index contributed by atoms with van der Waals surface area (Å²) in [6.45, 7) is 10.1. The maximum Gasteiger partial charge on any atom is 0.137 e. The minimum absolute atomic E-state index is 0.166. The highest BCUT2D eigenvalue weighted by molar-refractivity contribution is 5.57. The first kappa shape index (κ1) is 14.1. The molecule has 5 heteroatoms. The first-order valence-electron chi connectivity index (χ1n) is 6.95. The maximum absolute atomic E-state index is 6.01. The van der Waals surface area contributed by atoms with E-state index in [4.69, 9.17) is 10.5 Å². The summed E-state index contributed by atoms with van der Waals surface area (Å²) in [5.41, 5.74) is 6.91. The normalized spacial score (nSPS) is 22.5. The number of anilines is 2. The van der Waals surface area contributed by atoms with Gasteiger partial charge in [-0.05, 0) is 27.2 Å². The topological polar surface area (TPSA) is 64.3 Å². The smallest absolute Gasteiger partial charge is 0.137 e. The quantitative estimate of drug-likeness (QED) is 0.904. The zero-order valence-electron chi connectivity index (χ0n) is 12.3. The summed E-state index contributed by atoms with van der Waals surface area (Å²) in [6, 6.07) is 0. The van der Waals surface area contributed by atoms with E-state index in [1.165, 1.54) is 0 Å².